The Labute approximate surface area is 120 Å². The molecular formula is C14H25N5O. The predicted octanol–water partition coefficient (Wildman–Crippen LogP) is 1.42. The third-order valence-electron chi connectivity index (χ3n) is 3.69. The molecule has 0 bridgehead atoms. The smallest absolute Gasteiger partial charge is 0.158 e. The fourth-order valence-electron chi connectivity index (χ4n) is 2.53. The molecule has 112 valence electrons. The molecule has 0 amide bonds. The van der Waals surface area contributed by atoms with E-state index in [1.165, 1.54) is 19.5 Å². The van der Waals surface area contributed by atoms with E-state index in [-0.39, 0.29) is 0 Å². The summed E-state index contributed by atoms with van der Waals surface area (Å²) in [5.41, 5.74) is 0. The maximum Gasteiger partial charge on any atom is 0.158 e. The third kappa shape index (κ3) is 4.05. The first-order valence-electron chi connectivity index (χ1n) is 7.26. The van der Waals surface area contributed by atoms with E-state index < -0.39 is 0 Å². The molecule has 0 aromatic carbocycles. The van der Waals surface area contributed by atoms with Crippen molar-refractivity contribution >= 4 is 11.6 Å². The van der Waals surface area contributed by atoms with Crippen LogP contribution in [0.25, 0.3) is 0 Å². The molecule has 1 aromatic heterocycles. The van der Waals surface area contributed by atoms with Crippen molar-refractivity contribution in [3.8, 4) is 0 Å². The van der Waals surface area contributed by atoms with Crippen molar-refractivity contribution in [3.05, 3.63) is 11.9 Å². The second-order valence-electron chi connectivity index (χ2n) is 5.17. The maximum atomic E-state index is 5.10. The molecule has 2 rings (SSSR count). The normalized spacial score (nSPS) is 19.2. The summed E-state index contributed by atoms with van der Waals surface area (Å²) < 4.78 is 5.10. The van der Waals surface area contributed by atoms with Crippen LogP contribution in [0.3, 0.4) is 0 Å². The van der Waals surface area contributed by atoms with Crippen LogP contribution in [0.1, 0.15) is 19.2 Å². The van der Waals surface area contributed by atoms with Gasteiger partial charge in [0.15, 0.2) is 5.82 Å². The van der Waals surface area contributed by atoms with E-state index in [4.69, 9.17) is 4.74 Å². The number of hydrogen-bond acceptors (Lipinski definition) is 6. The van der Waals surface area contributed by atoms with Gasteiger partial charge < -0.3 is 20.3 Å². The van der Waals surface area contributed by atoms with Gasteiger partial charge in [0, 0.05) is 33.3 Å². The van der Waals surface area contributed by atoms with E-state index in [0.29, 0.717) is 18.3 Å². The highest BCUT2D eigenvalue weighted by Gasteiger charge is 2.20. The van der Waals surface area contributed by atoms with Gasteiger partial charge in [-0.1, -0.05) is 6.92 Å². The second kappa shape index (κ2) is 7.40. The fraction of sp³-hybridized carbons (Fsp3) is 0.714. The van der Waals surface area contributed by atoms with Crippen LogP contribution in [0.4, 0.5) is 11.6 Å². The van der Waals surface area contributed by atoms with Gasteiger partial charge in [0.2, 0.25) is 0 Å². The molecule has 1 saturated heterocycles. The molecule has 0 saturated carbocycles. The predicted molar refractivity (Wildman–Crippen MR) is 81.0 cm³/mol. The monoisotopic (exact) mass is 279 g/mol. The number of methoxy groups -OCH3 is 1. The second-order valence-corrected chi connectivity index (χ2v) is 5.17. The van der Waals surface area contributed by atoms with Gasteiger partial charge in [-0.25, -0.2) is 9.97 Å². The lowest BCUT2D eigenvalue weighted by atomic mass is 10.1. The van der Waals surface area contributed by atoms with Crippen molar-refractivity contribution in [2.75, 3.05) is 51.0 Å². The molecule has 2 N–H and O–H groups in total. The molecule has 1 aliphatic rings. The molecule has 6 nitrogen and oxygen atoms in total. The highest BCUT2D eigenvalue weighted by Crippen LogP contribution is 2.17. The Kier molecular flexibility index (Phi) is 5.55. The number of likely N-dealkylation sites (tertiary alicyclic amines) is 1. The highest BCUT2D eigenvalue weighted by atomic mass is 16.5. The summed E-state index contributed by atoms with van der Waals surface area (Å²) >= 11 is 0. The summed E-state index contributed by atoms with van der Waals surface area (Å²) in [6.45, 7) is 7.14. The summed E-state index contributed by atoms with van der Waals surface area (Å²) in [5, 5.41) is 6.49. The summed E-state index contributed by atoms with van der Waals surface area (Å²) in [4.78, 5) is 11.3. The van der Waals surface area contributed by atoms with Crippen molar-refractivity contribution in [1.29, 1.82) is 0 Å². The zero-order valence-electron chi connectivity index (χ0n) is 12.6. The Morgan fingerprint density at radius 1 is 1.40 bits per heavy atom. The number of nitrogens with zero attached hydrogens (tertiary/aromatic N) is 3. The third-order valence-corrected chi connectivity index (χ3v) is 3.69. The van der Waals surface area contributed by atoms with Crippen molar-refractivity contribution in [1.82, 2.24) is 14.9 Å². The Morgan fingerprint density at radius 3 is 2.85 bits per heavy atom. The molecule has 0 aliphatic carbocycles. The molecule has 1 unspecified atom stereocenters. The number of anilines is 2. The lowest BCUT2D eigenvalue weighted by molar-refractivity contribution is 0.178. The van der Waals surface area contributed by atoms with Crippen LogP contribution in [0.15, 0.2) is 6.07 Å². The Balaban J connectivity index is 1.93. The molecule has 6 heteroatoms. The number of hydrogen-bond donors (Lipinski definition) is 2. The lowest BCUT2D eigenvalue weighted by Crippen LogP contribution is -2.22. The SMILES string of the molecule is CCN1CCC(CNc2cc(NC)nc(COC)n2)C1. The van der Waals surface area contributed by atoms with Gasteiger partial charge in [-0.15, -0.1) is 0 Å². The van der Waals surface area contributed by atoms with Crippen molar-refractivity contribution < 1.29 is 4.74 Å². The fourth-order valence-corrected chi connectivity index (χ4v) is 2.53. The van der Waals surface area contributed by atoms with E-state index in [1.807, 2.05) is 13.1 Å². The standard InChI is InChI=1S/C14H25N5O/c1-4-19-6-5-11(9-19)8-16-13-7-12(15-2)17-14(18-13)10-20-3/h7,11H,4-6,8-10H2,1-3H3,(H2,15,16,17,18). The van der Waals surface area contributed by atoms with Gasteiger partial charge in [-0.3, -0.25) is 0 Å². The van der Waals surface area contributed by atoms with Gasteiger partial charge in [0.25, 0.3) is 0 Å². The summed E-state index contributed by atoms with van der Waals surface area (Å²) in [5.74, 6) is 3.08. The van der Waals surface area contributed by atoms with Crippen LogP contribution in [0, 0.1) is 5.92 Å². The minimum absolute atomic E-state index is 0.428. The number of ether oxygens (including phenoxy) is 1. The zero-order chi connectivity index (χ0) is 14.4. The van der Waals surface area contributed by atoms with Gasteiger partial charge >= 0.3 is 0 Å². The van der Waals surface area contributed by atoms with Crippen LogP contribution < -0.4 is 10.6 Å². The molecule has 1 aromatic rings. The zero-order valence-corrected chi connectivity index (χ0v) is 12.6. The molecule has 1 atom stereocenters. The van der Waals surface area contributed by atoms with Crippen LogP contribution in [0.2, 0.25) is 0 Å². The first-order valence-corrected chi connectivity index (χ1v) is 7.26. The van der Waals surface area contributed by atoms with Crippen LogP contribution in [0.5, 0.6) is 0 Å². The van der Waals surface area contributed by atoms with E-state index in [2.05, 4.69) is 32.4 Å². The molecule has 1 aliphatic heterocycles. The van der Waals surface area contributed by atoms with E-state index in [9.17, 15) is 0 Å². The number of nitrogens with one attached hydrogen (secondary N) is 2. The number of aromatic nitrogens is 2. The first-order chi connectivity index (χ1) is 9.75. The highest BCUT2D eigenvalue weighted by molar-refractivity contribution is 5.47. The van der Waals surface area contributed by atoms with E-state index >= 15 is 0 Å². The Bertz CT molecular complexity index is 426. The van der Waals surface area contributed by atoms with Gasteiger partial charge in [0.1, 0.15) is 18.2 Å². The molecular weight excluding hydrogens is 254 g/mol. The average molecular weight is 279 g/mol. The van der Waals surface area contributed by atoms with Crippen LogP contribution >= 0.6 is 0 Å². The van der Waals surface area contributed by atoms with Crippen molar-refractivity contribution in [2.24, 2.45) is 5.92 Å². The van der Waals surface area contributed by atoms with E-state index in [0.717, 1.165) is 24.7 Å². The Morgan fingerprint density at radius 2 is 2.20 bits per heavy atom. The molecule has 1 fully saturated rings. The van der Waals surface area contributed by atoms with Gasteiger partial charge in [-0.2, -0.15) is 0 Å². The topological polar surface area (TPSA) is 62.3 Å². The minimum atomic E-state index is 0.428. The molecule has 0 spiro atoms. The van der Waals surface area contributed by atoms with Crippen molar-refractivity contribution in [3.63, 3.8) is 0 Å². The molecule has 20 heavy (non-hydrogen) atoms. The summed E-state index contributed by atoms with van der Waals surface area (Å²) in [6, 6.07) is 1.94. The largest absolute Gasteiger partial charge is 0.377 e. The molecule has 0 radical (unpaired) electrons. The van der Waals surface area contributed by atoms with Crippen LogP contribution in [-0.4, -0.2) is 55.2 Å². The van der Waals surface area contributed by atoms with E-state index in [1.54, 1.807) is 7.11 Å². The maximum absolute atomic E-state index is 5.10. The van der Waals surface area contributed by atoms with Gasteiger partial charge in [-0.05, 0) is 25.4 Å². The first kappa shape index (κ1) is 15.0. The summed E-state index contributed by atoms with van der Waals surface area (Å²) in [6.07, 6.45) is 1.26. The number of rotatable bonds is 7. The average Bonchev–Trinajstić information content (AvgIpc) is 2.93. The Hall–Kier alpha value is -1.40. The molecule has 2 heterocycles. The minimum Gasteiger partial charge on any atom is -0.377 e. The summed E-state index contributed by atoms with van der Waals surface area (Å²) in [7, 11) is 3.51. The van der Waals surface area contributed by atoms with Crippen LogP contribution in [-0.2, 0) is 11.3 Å². The van der Waals surface area contributed by atoms with Crippen molar-refractivity contribution in [2.45, 2.75) is 20.0 Å². The lowest BCUT2D eigenvalue weighted by Gasteiger charge is -2.15. The van der Waals surface area contributed by atoms with Gasteiger partial charge in [0.05, 0.1) is 0 Å². The quantitative estimate of drug-likeness (QED) is 0.787.